The lowest BCUT2D eigenvalue weighted by Gasteiger charge is -2.09. The van der Waals surface area contributed by atoms with Gasteiger partial charge in [-0.05, 0) is 41.8 Å². The van der Waals surface area contributed by atoms with E-state index in [4.69, 9.17) is 23.2 Å². The molecule has 2 aromatic carbocycles. The summed E-state index contributed by atoms with van der Waals surface area (Å²) in [5.74, 6) is -0.272. The van der Waals surface area contributed by atoms with Crippen LogP contribution in [0, 0.1) is 5.82 Å². The molecule has 2 rings (SSSR count). The monoisotopic (exact) mass is 268 g/mol. The van der Waals surface area contributed by atoms with Gasteiger partial charge in [-0.2, -0.15) is 0 Å². The molecule has 17 heavy (non-hydrogen) atoms. The Bertz CT molecular complexity index is 509. The van der Waals surface area contributed by atoms with Gasteiger partial charge in [-0.15, -0.1) is 0 Å². The van der Waals surface area contributed by atoms with E-state index in [-0.39, 0.29) is 5.82 Å². The predicted octanol–water partition coefficient (Wildman–Crippen LogP) is 5.36. The van der Waals surface area contributed by atoms with Gasteiger partial charge in [0.2, 0.25) is 0 Å². The molecule has 0 aromatic heterocycles. The number of aryl methyl sites for hydroxylation is 1. The summed E-state index contributed by atoms with van der Waals surface area (Å²) in [4.78, 5) is 0. The molecule has 0 bridgehead atoms. The summed E-state index contributed by atoms with van der Waals surface area (Å²) in [6, 6.07) is 9.94. The molecule has 0 fully saturated rings. The van der Waals surface area contributed by atoms with E-state index < -0.39 is 0 Å². The number of hydrogen-bond acceptors (Lipinski definition) is 0. The number of rotatable bonds is 2. The van der Waals surface area contributed by atoms with Crippen molar-refractivity contribution in [3.05, 3.63) is 57.8 Å². The number of benzene rings is 2. The molecule has 0 atom stereocenters. The van der Waals surface area contributed by atoms with Crippen molar-refractivity contribution >= 4 is 23.2 Å². The molecule has 0 nitrogen and oxygen atoms in total. The van der Waals surface area contributed by atoms with E-state index in [1.54, 1.807) is 12.1 Å². The molecule has 0 amide bonds. The third-order valence-corrected chi connectivity index (χ3v) is 3.24. The van der Waals surface area contributed by atoms with Crippen LogP contribution in [0.4, 0.5) is 4.39 Å². The van der Waals surface area contributed by atoms with Gasteiger partial charge in [0.15, 0.2) is 0 Å². The van der Waals surface area contributed by atoms with Gasteiger partial charge in [0.1, 0.15) is 5.82 Å². The third kappa shape index (κ3) is 2.62. The first-order valence-electron chi connectivity index (χ1n) is 5.35. The molecule has 88 valence electrons. The summed E-state index contributed by atoms with van der Waals surface area (Å²) in [7, 11) is 0. The summed E-state index contributed by atoms with van der Waals surface area (Å²) >= 11 is 12.4. The third-order valence-electron chi connectivity index (χ3n) is 2.64. The fourth-order valence-electron chi connectivity index (χ4n) is 1.72. The van der Waals surface area contributed by atoms with E-state index in [2.05, 4.69) is 0 Å². The molecule has 0 N–H and O–H groups in total. The van der Waals surface area contributed by atoms with E-state index in [9.17, 15) is 4.39 Å². The van der Waals surface area contributed by atoms with Crippen molar-refractivity contribution < 1.29 is 4.39 Å². The highest BCUT2D eigenvalue weighted by molar-refractivity contribution is 6.39. The Kier molecular flexibility index (Phi) is 3.70. The summed E-state index contributed by atoms with van der Waals surface area (Å²) in [5, 5.41) is 1.20. The van der Waals surface area contributed by atoms with Crippen molar-refractivity contribution in [3.8, 4) is 11.1 Å². The standard InChI is InChI=1S/C14H11Cl2F/c1-2-9-7-12(15)14(13(16)8-9)10-3-5-11(17)6-4-10/h3-8H,2H2,1H3. The molecule has 0 radical (unpaired) electrons. The zero-order chi connectivity index (χ0) is 12.4. The minimum absolute atomic E-state index is 0.272. The first-order valence-corrected chi connectivity index (χ1v) is 6.11. The SMILES string of the molecule is CCc1cc(Cl)c(-c2ccc(F)cc2)c(Cl)c1. The molecule has 0 aliphatic carbocycles. The summed E-state index contributed by atoms with van der Waals surface area (Å²) in [6.45, 7) is 2.04. The van der Waals surface area contributed by atoms with Crippen LogP contribution in [0.3, 0.4) is 0 Å². The van der Waals surface area contributed by atoms with Crippen LogP contribution in [0.2, 0.25) is 10.0 Å². The van der Waals surface area contributed by atoms with Gasteiger partial charge in [0.05, 0.1) is 10.0 Å². The second-order valence-corrected chi connectivity index (χ2v) is 4.61. The van der Waals surface area contributed by atoms with Crippen molar-refractivity contribution in [2.75, 3.05) is 0 Å². The second-order valence-electron chi connectivity index (χ2n) is 3.79. The molecule has 3 heteroatoms. The maximum absolute atomic E-state index is 12.9. The quantitative estimate of drug-likeness (QED) is 0.688. The Morgan fingerprint density at radius 3 is 2.00 bits per heavy atom. The van der Waals surface area contributed by atoms with Gasteiger partial charge in [0.25, 0.3) is 0 Å². The maximum Gasteiger partial charge on any atom is 0.123 e. The minimum Gasteiger partial charge on any atom is -0.207 e. The van der Waals surface area contributed by atoms with Crippen LogP contribution in [-0.2, 0) is 6.42 Å². The van der Waals surface area contributed by atoms with Crippen LogP contribution in [-0.4, -0.2) is 0 Å². The lowest BCUT2D eigenvalue weighted by molar-refractivity contribution is 0.628. The molecule has 0 aliphatic heterocycles. The zero-order valence-electron chi connectivity index (χ0n) is 9.31. The average molecular weight is 269 g/mol. The van der Waals surface area contributed by atoms with Crippen LogP contribution < -0.4 is 0 Å². The molecule has 0 heterocycles. The largest absolute Gasteiger partial charge is 0.207 e. The Labute approximate surface area is 110 Å². The van der Waals surface area contributed by atoms with Crippen LogP contribution in [0.5, 0.6) is 0 Å². The summed E-state index contributed by atoms with van der Waals surface area (Å²) < 4.78 is 12.9. The first-order chi connectivity index (χ1) is 8.11. The lowest BCUT2D eigenvalue weighted by Crippen LogP contribution is -1.87. The zero-order valence-corrected chi connectivity index (χ0v) is 10.8. The van der Waals surface area contributed by atoms with Crippen molar-refractivity contribution in [1.29, 1.82) is 0 Å². The highest BCUT2D eigenvalue weighted by Crippen LogP contribution is 2.35. The summed E-state index contributed by atoms with van der Waals surface area (Å²) in [6.07, 6.45) is 0.878. The molecule has 0 unspecified atom stereocenters. The van der Waals surface area contributed by atoms with Crippen LogP contribution >= 0.6 is 23.2 Å². The molecule has 0 saturated carbocycles. The van der Waals surface area contributed by atoms with Crippen molar-refractivity contribution in [3.63, 3.8) is 0 Å². The molecule has 0 aliphatic rings. The van der Waals surface area contributed by atoms with Crippen molar-refractivity contribution in [2.45, 2.75) is 13.3 Å². The second kappa shape index (κ2) is 5.07. The van der Waals surface area contributed by atoms with Gasteiger partial charge in [-0.25, -0.2) is 4.39 Å². The van der Waals surface area contributed by atoms with Crippen molar-refractivity contribution in [2.24, 2.45) is 0 Å². The van der Waals surface area contributed by atoms with Crippen LogP contribution in [0.1, 0.15) is 12.5 Å². The van der Waals surface area contributed by atoms with Gasteiger partial charge in [0, 0.05) is 5.56 Å². The molecule has 2 aromatic rings. The van der Waals surface area contributed by atoms with Gasteiger partial charge in [-0.1, -0.05) is 42.3 Å². The molecule has 0 saturated heterocycles. The summed E-state index contributed by atoms with van der Waals surface area (Å²) in [5.41, 5.74) is 2.67. The van der Waals surface area contributed by atoms with E-state index in [0.29, 0.717) is 10.0 Å². The molecular formula is C14H11Cl2F. The van der Waals surface area contributed by atoms with Crippen molar-refractivity contribution in [1.82, 2.24) is 0 Å². The van der Waals surface area contributed by atoms with E-state index in [1.807, 2.05) is 19.1 Å². The van der Waals surface area contributed by atoms with Crippen LogP contribution in [0.15, 0.2) is 36.4 Å². The van der Waals surface area contributed by atoms with Gasteiger partial charge >= 0.3 is 0 Å². The number of halogens is 3. The lowest BCUT2D eigenvalue weighted by atomic mass is 10.0. The van der Waals surface area contributed by atoms with E-state index in [0.717, 1.165) is 23.1 Å². The van der Waals surface area contributed by atoms with Gasteiger partial charge in [-0.3, -0.25) is 0 Å². The Hall–Kier alpha value is -1.05. The highest BCUT2D eigenvalue weighted by atomic mass is 35.5. The fraction of sp³-hybridized carbons (Fsp3) is 0.143. The smallest absolute Gasteiger partial charge is 0.123 e. The highest BCUT2D eigenvalue weighted by Gasteiger charge is 2.10. The predicted molar refractivity (Wildman–Crippen MR) is 71.2 cm³/mol. The average Bonchev–Trinajstić information content (AvgIpc) is 2.30. The van der Waals surface area contributed by atoms with Crippen LogP contribution in [0.25, 0.3) is 11.1 Å². The topological polar surface area (TPSA) is 0 Å². The van der Waals surface area contributed by atoms with E-state index in [1.165, 1.54) is 12.1 Å². The molecule has 0 spiro atoms. The Morgan fingerprint density at radius 1 is 1.00 bits per heavy atom. The van der Waals surface area contributed by atoms with E-state index >= 15 is 0 Å². The Morgan fingerprint density at radius 2 is 1.53 bits per heavy atom. The molecular weight excluding hydrogens is 258 g/mol. The maximum atomic E-state index is 12.9. The normalized spacial score (nSPS) is 10.6. The Balaban J connectivity index is 2.55. The van der Waals surface area contributed by atoms with Gasteiger partial charge < -0.3 is 0 Å². The number of hydrogen-bond donors (Lipinski definition) is 0. The minimum atomic E-state index is -0.272. The first kappa shape index (κ1) is 12.4. The fourth-order valence-corrected chi connectivity index (χ4v) is 2.47.